The number of carbonyl (C=O) groups excluding carboxylic acids is 1. The second-order valence-electron chi connectivity index (χ2n) is 5.72. The Hall–Kier alpha value is -2.33. The minimum atomic E-state index is -0.690. The summed E-state index contributed by atoms with van der Waals surface area (Å²) in [5.74, 6) is 0.907. The fourth-order valence-corrected chi connectivity index (χ4v) is 2.27. The second-order valence-corrected chi connectivity index (χ2v) is 5.72. The first-order valence-electron chi connectivity index (χ1n) is 7.91. The van der Waals surface area contributed by atoms with E-state index in [1.54, 1.807) is 0 Å². The Balaban J connectivity index is 2.24. The minimum Gasteiger partial charge on any atom is -0.476 e. The molecular formula is C19H24N2O2. The Morgan fingerprint density at radius 1 is 1.09 bits per heavy atom. The molecule has 0 bridgehead atoms. The largest absolute Gasteiger partial charge is 0.476 e. The predicted molar refractivity (Wildman–Crippen MR) is 92.4 cm³/mol. The zero-order chi connectivity index (χ0) is 16.7. The van der Waals surface area contributed by atoms with Crippen molar-refractivity contribution in [3.8, 4) is 5.75 Å². The molecule has 4 nitrogen and oxygen atoms in total. The van der Waals surface area contributed by atoms with Crippen LogP contribution in [-0.2, 0) is 4.79 Å². The molecule has 2 aromatic carbocycles. The fraction of sp³-hybridized carbons (Fsp3) is 0.316. The van der Waals surface area contributed by atoms with Crippen LogP contribution in [0.25, 0.3) is 0 Å². The molecule has 0 spiro atoms. The van der Waals surface area contributed by atoms with Gasteiger partial charge in [0.05, 0.1) is 0 Å². The van der Waals surface area contributed by atoms with Crippen LogP contribution in [0.4, 0.5) is 0 Å². The summed E-state index contributed by atoms with van der Waals surface area (Å²) < 4.78 is 6.00. The lowest BCUT2D eigenvalue weighted by Crippen LogP contribution is -2.35. The smallest absolute Gasteiger partial charge is 0.265 e. The average molecular weight is 312 g/mol. The van der Waals surface area contributed by atoms with Crippen molar-refractivity contribution < 1.29 is 9.53 Å². The van der Waals surface area contributed by atoms with Crippen LogP contribution in [0, 0.1) is 0 Å². The van der Waals surface area contributed by atoms with Gasteiger partial charge in [-0.2, -0.15) is 0 Å². The SMILES string of the molecule is CC(C)c1cccc(OC(C(=O)NCCN)c2ccccc2)c1. The van der Waals surface area contributed by atoms with Crippen molar-refractivity contribution in [1.29, 1.82) is 0 Å². The number of nitrogens with one attached hydrogen (secondary N) is 1. The lowest BCUT2D eigenvalue weighted by atomic mass is 10.0. The second kappa shape index (κ2) is 8.34. The molecule has 1 amide bonds. The zero-order valence-electron chi connectivity index (χ0n) is 13.7. The van der Waals surface area contributed by atoms with E-state index in [9.17, 15) is 4.79 Å². The van der Waals surface area contributed by atoms with Gasteiger partial charge in [-0.3, -0.25) is 4.79 Å². The molecule has 0 aliphatic rings. The fourth-order valence-electron chi connectivity index (χ4n) is 2.27. The molecule has 3 N–H and O–H groups in total. The van der Waals surface area contributed by atoms with E-state index >= 15 is 0 Å². The van der Waals surface area contributed by atoms with E-state index in [4.69, 9.17) is 10.5 Å². The van der Waals surface area contributed by atoms with Crippen LogP contribution in [0.3, 0.4) is 0 Å². The summed E-state index contributed by atoms with van der Waals surface area (Å²) in [4.78, 5) is 12.4. The van der Waals surface area contributed by atoms with Gasteiger partial charge in [0.25, 0.3) is 5.91 Å². The van der Waals surface area contributed by atoms with Gasteiger partial charge in [-0.15, -0.1) is 0 Å². The maximum atomic E-state index is 12.4. The van der Waals surface area contributed by atoms with Crippen LogP contribution >= 0.6 is 0 Å². The van der Waals surface area contributed by atoms with E-state index in [2.05, 4.69) is 25.2 Å². The molecule has 0 aliphatic carbocycles. The van der Waals surface area contributed by atoms with E-state index < -0.39 is 6.10 Å². The Morgan fingerprint density at radius 2 is 1.78 bits per heavy atom. The number of ether oxygens (including phenoxy) is 1. The van der Waals surface area contributed by atoms with Crippen LogP contribution in [0.2, 0.25) is 0 Å². The number of benzene rings is 2. The molecule has 2 aromatic rings. The van der Waals surface area contributed by atoms with Crippen molar-refractivity contribution in [3.05, 3.63) is 65.7 Å². The molecule has 0 heterocycles. The van der Waals surface area contributed by atoms with E-state index in [1.165, 1.54) is 5.56 Å². The average Bonchev–Trinajstić information content (AvgIpc) is 2.58. The molecule has 4 heteroatoms. The molecular weight excluding hydrogens is 288 g/mol. The molecule has 1 atom stereocenters. The van der Waals surface area contributed by atoms with Gasteiger partial charge in [0.15, 0.2) is 0 Å². The van der Waals surface area contributed by atoms with Crippen molar-refractivity contribution in [2.45, 2.75) is 25.9 Å². The number of nitrogens with two attached hydrogens (primary N) is 1. The molecule has 0 fully saturated rings. The molecule has 2 rings (SSSR count). The van der Waals surface area contributed by atoms with Crippen molar-refractivity contribution in [3.63, 3.8) is 0 Å². The van der Waals surface area contributed by atoms with E-state index in [1.807, 2.05) is 48.5 Å². The van der Waals surface area contributed by atoms with Crippen LogP contribution in [0.15, 0.2) is 54.6 Å². The van der Waals surface area contributed by atoms with Crippen LogP contribution in [0.1, 0.15) is 37.0 Å². The first-order valence-corrected chi connectivity index (χ1v) is 7.91. The third kappa shape index (κ3) is 4.83. The zero-order valence-corrected chi connectivity index (χ0v) is 13.7. The molecule has 0 aromatic heterocycles. The molecule has 0 saturated carbocycles. The highest BCUT2D eigenvalue weighted by Crippen LogP contribution is 2.25. The maximum Gasteiger partial charge on any atom is 0.265 e. The van der Waals surface area contributed by atoms with Crippen molar-refractivity contribution >= 4 is 5.91 Å². The van der Waals surface area contributed by atoms with Gasteiger partial charge in [0.1, 0.15) is 5.75 Å². The predicted octanol–water partition coefficient (Wildman–Crippen LogP) is 3.01. The van der Waals surface area contributed by atoms with Gasteiger partial charge in [-0.05, 0) is 23.6 Å². The highest BCUT2D eigenvalue weighted by Gasteiger charge is 2.22. The number of hydrogen-bond donors (Lipinski definition) is 2. The maximum absolute atomic E-state index is 12.4. The van der Waals surface area contributed by atoms with Crippen molar-refractivity contribution in [1.82, 2.24) is 5.32 Å². The summed E-state index contributed by atoms with van der Waals surface area (Å²) in [7, 11) is 0. The van der Waals surface area contributed by atoms with E-state index in [0.29, 0.717) is 24.8 Å². The molecule has 0 radical (unpaired) electrons. The van der Waals surface area contributed by atoms with Gasteiger partial charge in [-0.1, -0.05) is 56.3 Å². The lowest BCUT2D eigenvalue weighted by Gasteiger charge is -2.20. The molecule has 0 saturated heterocycles. The summed E-state index contributed by atoms with van der Waals surface area (Å²) >= 11 is 0. The highest BCUT2D eigenvalue weighted by molar-refractivity contribution is 5.82. The van der Waals surface area contributed by atoms with Gasteiger partial charge in [0, 0.05) is 18.7 Å². The third-order valence-electron chi connectivity index (χ3n) is 3.56. The van der Waals surface area contributed by atoms with Gasteiger partial charge in [-0.25, -0.2) is 0 Å². The third-order valence-corrected chi connectivity index (χ3v) is 3.56. The number of hydrogen-bond acceptors (Lipinski definition) is 3. The van der Waals surface area contributed by atoms with E-state index in [-0.39, 0.29) is 5.91 Å². The van der Waals surface area contributed by atoms with Crippen LogP contribution in [0.5, 0.6) is 5.75 Å². The topological polar surface area (TPSA) is 64.3 Å². The first-order chi connectivity index (χ1) is 11.1. The first kappa shape index (κ1) is 17.0. The van der Waals surface area contributed by atoms with Crippen molar-refractivity contribution in [2.24, 2.45) is 5.73 Å². The number of amides is 1. The van der Waals surface area contributed by atoms with Gasteiger partial charge < -0.3 is 15.8 Å². The summed E-state index contributed by atoms with van der Waals surface area (Å²) in [6.07, 6.45) is -0.690. The standard InChI is InChI=1S/C19H24N2O2/c1-14(2)16-9-6-10-17(13-16)23-18(19(22)21-12-11-20)15-7-4-3-5-8-15/h3-10,13-14,18H,11-12,20H2,1-2H3,(H,21,22). The summed E-state index contributed by atoms with van der Waals surface area (Å²) in [6.45, 7) is 5.08. The summed E-state index contributed by atoms with van der Waals surface area (Å²) in [5, 5.41) is 2.80. The van der Waals surface area contributed by atoms with Gasteiger partial charge >= 0.3 is 0 Å². The summed E-state index contributed by atoms with van der Waals surface area (Å²) in [6, 6.07) is 17.3. The Morgan fingerprint density at radius 3 is 2.43 bits per heavy atom. The minimum absolute atomic E-state index is 0.184. The normalized spacial score (nSPS) is 12.0. The number of carbonyl (C=O) groups is 1. The van der Waals surface area contributed by atoms with E-state index in [0.717, 1.165) is 5.56 Å². The Bertz CT molecular complexity index is 626. The van der Waals surface area contributed by atoms with Crippen LogP contribution in [-0.4, -0.2) is 19.0 Å². The molecule has 0 aliphatic heterocycles. The quantitative estimate of drug-likeness (QED) is 0.826. The molecule has 122 valence electrons. The van der Waals surface area contributed by atoms with Crippen molar-refractivity contribution in [2.75, 3.05) is 13.1 Å². The Kier molecular flexibility index (Phi) is 6.18. The highest BCUT2D eigenvalue weighted by atomic mass is 16.5. The monoisotopic (exact) mass is 312 g/mol. The molecule has 23 heavy (non-hydrogen) atoms. The molecule has 1 unspecified atom stereocenters. The lowest BCUT2D eigenvalue weighted by molar-refractivity contribution is -0.128. The number of rotatable bonds is 7. The van der Waals surface area contributed by atoms with Crippen LogP contribution < -0.4 is 15.8 Å². The van der Waals surface area contributed by atoms with Gasteiger partial charge in [0.2, 0.25) is 6.10 Å². The summed E-state index contributed by atoms with van der Waals surface area (Å²) in [5.41, 5.74) is 7.46. The Labute approximate surface area is 137 Å².